The number of carboxylic acid groups (broad SMARTS) is 1. The Morgan fingerprint density at radius 3 is 2.37 bits per heavy atom. The lowest BCUT2D eigenvalue weighted by Gasteiger charge is -2.11. The Bertz CT molecular complexity index is 626. The molecule has 1 aromatic rings. The summed E-state index contributed by atoms with van der Waals surface area (Å²) in [5, 5.41) is 10.1. The van der Waals surface area contributed by atoms with Crippen LogP contribution in [-0.4, -0.2) is 36.9 Å². The SMILES string of the molecule is CC(C(=O)Nc1cc(I)cc(C(=O)O)c1)S(C)(=O)=O. The standard InChI is InChI=1S/C11H12INO5S/c1-6(19(2,17)18)10(14)13-9-4-7(11(15)16)3-8(12)5-9/h3-6H,1-2H3,(H,13,14)(H,15,16). The van der Waals surface area contributed by atoms with Gasteiger partial charge in [-0.25, -0.2) is 13.2 Å². The Labute approximate surface area is 124 Å². The fourth-order valence-corrected chi connectivity index (χ4v) is 2.34. The average molecular weight is 397 g/mol. The van der Waals surface area contributed by atoms with Gasteiger partial charge in [0.15, 0.2) is 9.84 Å². The number of amides is 1. The Hall–Kier alpha value is -1.16. The molecule has 0 aromatic heterocycles. The lowest BCUT2D eigenvalue weighted by molar-refractivity contribution is -0.115. The molecule has 2 N–H and O–H groups in total. The van der Waals surface area contributed by atoms with Crippen molar-refractivity contribution >= 4 is 50.0 Å². The summed E-state index contributed by atoms with van der Waals surface area (Å²) in [5.74, 6) is -1.81. The fourth-order valence-electron chi connectivity index (χ4n) is 1.22. The summed E-state index contributed by atoms with van der Waals surface area (Å²) in [5.41, 5.74) is 0.277. The minimum Gasteiger partial charge on any atom is -0.478 e. The highest BCUT2D eigenvalue weighted by atomic mass is 127. The maximum absolute atomic E-state index is 11.7. The predicted octanol–water partition coefficient (Wildman–Crippen LogP) is 1.36. The zero-order valence-corrected chi connectivity index (χ0v) is 13.1. The van der Waals surface area contributed by atoms with Crippen LogP contribution in [0.2, 0.25) is 0 Å². The number of carboxylic acids is 1. The van der Waals surface area contributed by atoms with Gasteiger partial charge in [-0.1, -0.05) is 0 Å². The average Bonchev–Trinajstić information content (AvgIpc) is 2.25. The normalized spacial score (nSPS) is 12.8. The number of nitrogens with one attached hydrogen (secondary N) is 1. The van der Waals surface area contributed by atoms with Gasteiger partial charge in [0.05, 0.1) is 5.56 Å². The van der Waals surface area contributed by atoms with Crippen LogP contribution in [0.15, 0.2) is 18.2 Å². The third-order valence-corrected chi connectivity index (χ3v) is 4.55. The summed E-state index contributed by atoms with van der Waals surface area (Å²) in [6.45, 7) is 1.27. The molecule has 0 heterocycles. The first-order valence-electron chi connectivity index (χ1n) is 5.15. The molecule has 19 heavy (non-hydrogen) atoms. The number of carbonyl (C=O) groups excluding carboxylic acids is 1. The van der Waals surface area contributed by atoms with Crippen LogP contribution in [-0.2, 0) is 14.6 Å². The molecule has 104 valence electrons. The topological polar surface area (TPSA) is 101 Å². The van der Waals surface area contributed by atoms with Gasteiger partial charge in [-0.2, -0.15) is 0 Å². The maximum atomic E-state index is 11.7. The smallest absolute Gasteiger partial charge is 0.335 e. The molecule has 0 saturated heterocycles. The van der Waals surface area contributed by atoms with Crippen molar-refractivity contribution in [2.75, 3.05) is 11.6 Å². The van der Waals surface area contributed by atoms with Crippen LogP contribution in [0.5, 0.6) is 0 Å². The highest BCUT2D eigenvalue weighted by Gasteiger charge is 2.23. The number of carbonyl (C=O) groups is 2. The van der Waals surface area contributed by atoms with Crippen LogP contribution in [0, 0.1) is 3.57 Å². The number of rotatable bonds is 4. The number of halogens is 1. The highest BCUT2D eigenvalue weighted by Crippen LogP contribution is 2.17. The monoisotopic (exact) mass is 397 g/mol. The number of hydrogen-bond acceptors (Lipinski definition) is 4. The number of sulfone groups is 1. The first-order valence-corrected chi connectivity index (χ1v) is 8.18. The van der Waals surface area contributed by atoms with E-state index in [4.69, 9.17) is 5.11 Å². The Morgan fingerprint density at radius 2 is 1.89 bits per heavy atom. The Kier molecular flexibility index (Phi) is 4.91. The van der Waals surface area contributed by atoms with E-state index in [1.54, 1.807) is 6.07 Å². The molecule has 0 radical (unpaired) electrons. The summed E-state index contributed by atoms with van der Waals surface area (Å²) in [6, 6.07) is 4.27. The maximum Gasteiger partial charge on any atom is 0.335 e. The van der Waals surface area contributed by atoms with Gasteiger partial charge >= 0.3 is 5.97 Å². The van der Waals surface area contributed by atoms with Gasteiger partial charge in [-0.3, -0.25) is 4.79 Å². The van der Waals surface area contributed by atoms with Crippen molar-refractivity contribution in [3.8, 4) is 0 Å². The van der Waals surface area contributed by atoms with Crippen LogP contribution in [0.25, 0.3) is 0 Å². The second kappa shape index (κ2) is 5.87. The van der Waals surface area contributed by atoms with E-state index < -0.39 is 27.0 Å². The lowest BCUT2D eigenvalue weighted by atomic mass is 10.2. The van der Waals surface area contributed by atoms with Crippen molar-refractivity contribution in [3.05, 3.63) is 27.3 Å². The summed E-state index contributed by atoms with van der Waals surface area (Å²) >= 11 is 1.91. The Balaban J connectivity index is 3.01. The Morgan fingerprint density at radius 1 is 1.32 bits per heavy atom. The summed E-state index contributed by atoms with van der Waals surface area (Å²) in [4.78, 5) is 22.6. The summed E-state index contributed by atoms with van der Waals surface area (Å²) < 4.78 is 23.1. The third-order valence-electron chi connectivity index (χ3n) is 2.42. The van der Waals surface area contributed by atoms with Crippen molar-refractivity contribution < 1.29 is 23.1 Å². The third kappa shape index (κ3) is 4.46. The summed E-state index contributed by atoms with van der Waals surface area (Å²) in [6.07, 6.45) is 0.967. The molecule has 0 aliphatic carbocycles. The molecule has 1 rings (SSSR count). The quantitative estimate of drug-likeness (QED) is 0.748. The van der Waals surface area contributed by atoms with Crippen molar-refractivity contribution in [2.24, 2.45) is 0 Å². The van der Waals surface area contributed by atoms with Gasteiger partial charge in [0, 0.05) is 15.5 Å². The zero-order chi connectivity index (χ0) is 14.8. The number of benzene rings is 1. The molecule has 0 aliphatic rings. The van der Waals surface area contributed by atoms with Crippen LogP contribution in [0.4, 0.5) is 5.69 Å². The van der Waals surface area contributed by atoms with Crippen LogP contribution < -0.4 is 5.32 Å². The number of hydrogen-bond donors (Lipinski definition) is 2. The molecule has 1 unspecified atom stereocenters. The predicted molar refractivity (Wildman–Crippen MR) is 79.1 cm³/mol. The van der Waals surface area contributed by atoms with Crippen molar-refractivity contribution in [1.29, 1.82) is 0 Å². The van der Waals surface area contributed by atoms with E-state index in [0.29, 0.717) is 3.57 Å². The molecular weight excluding hydrogens is 385 g/mol. The molecule has 1 aromatic carbocycles. The first kappa shape index (κ1) is 15.9. The van der Waals surface area contributed by atoms with Gasteiger partial charge in [-0.15, -0.1) is 0 Å². The number of aromatic carboxylic acids is 1. The van der Waals surface area contributed by atoms with Crippen LogP contribution >= 0.6 is 22.6 Å². The van der Waals surface area contributed by atoms with Gasteiger partial charge in [0.2, 0.25) is 5.91 Å². The molecule has 1 amide bonds. The van der Waals surface area contributed by atoms with E-state index in [9.17, 15) is 18.0 Å². The van der Waals surface area contributed by atoms with E-state index >= 15 is 0 Å². The van der Waals surface area contributed by atoms with Gasteiger partial charge in [0.1, 0.15) is 5.25 Å². The second-order valence-corrected chi connectivity index (χ2v) is 7.61. The van der Waals surface area contributed by atoms with Gasteiger partial charge in [0.25, 0.3) is 0 Å². The van der Waals surface area contributed by atoms with E-state index in [2.05, 4.69) is 5.32 Å². The highest BCUT2D eigenvalue weighted by molar-refractivity contribution is 14.1. The summed E-state index contributed by atoms with van der Waals surface area (Å²) in [7, 11) is -3.49. The molecule has 0 saturated carbocycles. The molecule has 0 aliphatic heterocycles. The van der Waals surface area contributed by atoms with Gasteiger partial charge in [-0.05, 0) is 47.7 Å². The zero-order valence-electron chi connectivity index (χ0n) is 10.2. The van der Waals surface area contributed by atoms with E-state index in [1.807, 2.05) is 22.6 Å². The fraction of sp³-hybridized carbons (Fsp3) is 0.273. The van der Waals surface area contributed by atoms with Crippen LogP contribution in [0.3, 0.4) is 0 Å². The number of anilines is 1. The van der Waals surface area contributed by atoms with E-state index in [1.165, 1.54) is 19.1 Å². The van der Waals surface area contributed by atoms with Crippen LogP contribution in [0.1, 0.15) is 17.3 Å². The van der Waals surface area contributed by atoms with Gasteiger partial charge < -0.3 is 10.4 Å². The van der Waals surface area contributed by atoms with Crippen molar-refractivity contribution in [3.63, 3.8) is 0 Å². The van der Waals surface area contributed by atoms with E-state index in [-0.39, 0.29) is 11.3 Å². The van der Waals surface area contributed by atoms with Crippen molar-refractivity contribution in [2.45, 2.75) is 12.2 Å². The minimum absolute atomic E-state index is 0.0224. The largest absolute Gasteiger partial charge is 0.478 e. The van der Waals surface area contributed by atoms with E-state index in [0.717, 1.165) is 6.26 Å². The molecule has 0 fully saturated rings. The molecule has 0 spiro atoms. The molecule has 1 atom stereocenters. The molecule has 8 heteroatoms. The molecular formula is C11H12INO5S. The molecule has 0 bridgehead atoms. The second-order valence-electron chi connectivity index (χ2n) is 3.99. The molecule has 6 nitrogen and oxygen atoms in total. The lowest BCUT2D eigenvalue weighted by Crippen LogP contribution is -2.31. The minimum atomic E-state index is -3.49. The van der Waals surface area contributed by atoms with Crippen molar-refractivity contribution in [1.82, 2.24) is 0 Å². The first-order chi connectivity index (χ1) is 8.61.